The zero-order valence-electron chi connectivity index (χ0n) is 19.8. The molecule has 0 radical (unpaired) electrons. The summed E-state index contributed by atoms with van der Waals surface area (Å²) >= 11 is 3.49. The Bertz CT molecular complexity index is 1160. The zero-order chi connectivity index (χ0) is 25.8. The second-order valence-corrected chi connectivity index (χ2v) is 8.73. The largest absolute Gasteiger partial charge is 0.468 e. The van der Waals surface area contributed by atoms with Gasteiger partial charge in [0.2, 0.25) is 5.91 Å². The standard InChI is InChI=1S/C27H28BrN3O5/c1-35-25(33)17-30-26(20-10-6-3-7-11-20)22-16-21(28)12-13-23(22)31-24(32)14-15-29-27(34)36-18-19-8-4-2-5-9-19/h2-13,16,26,30H,14-15,17-18H2,1H3,(H,29,34)(H,31,32). The normalized spacial score (nSPS) is 11.3. The molecule has 36 heavy (non-hydrogen) atoms. The van der Waals surface area contributed by atoms with E-state index in [0.717, 1.165) is 21.2 Å². The second-order valence-electron chi connectivity index (χ2n) is 7.82. The fourth-order valence-corrected chi connectivity index (χ4v) is 3.84. The zero-order valence-corrected chi connectivity index (χ0v) is 21.4. The lowest BCUT2D eigenvalue weighted by Crippen LogP contribution is -2.30. The minimum atomic E-state index is -0.591. The molecule has 1 unspecified atom stereocenters. The third kappa shape index (κ3) is 8.51. The summed E-state index contributed by atoms with van der Waals surface area (Å²) in [5.41, 5.74) is 3.14. The first-order chi connectivity index (χ1) is 17.5. The van der Waals surface area contributed by atoms with Crippen molar-refractivity contribution in [3.8, 4) is 0 Å². The Hall–Kier alpha value is -3.69. The van der Waals surface area contributed by atoms with Crippen molar-refractivity contribution in [2.75, 3.05) is 25.5 Å². The van der Waals surface area contributed by atoms with Crippen LogP contribution in [0, 0.1) is 0 Å². The quantitative estimate of drug-likeness (QED) is 0.301. The maximum atomic E-state index is 12.7. The molecule has 0 saturated heterocycles. The van der Waals surface area contributed by atoms with Gasteiger partial charge >= 0.3 is 12.1 Å². The molecule has 0 fully saturated rings. The molecular formula is C27H28BrN3O5. The minimum Gasteiger partial charge on any atom is -0.468 e. The molecule has 0 aliphatic carbocycles. The summed E-state index contributed by atoms with van der Waals surface area (Å²) < 4.78 is 10.8. The Morgan fingerprint density at radius 2 is 1.64 bits per heavy atom. The van der Waals surface area contributed by atoms with Crippen LogP contribution >= 0.6 is 15.9 Å². The van der Waals surface area contributed by atoms with E-state index in [1.807, 2.05) is 72.8 Å². The van der Waals surface area contributed by atoms with Crippen LogP contribution in [0.5, 0.6) is 0 Å². The van der Waals surface area contributed by atoms with Gasteiger partial charge in [0, 0.05) is 23.1 Å². The van der Waals surface area contributed by atoms with Crippen molar-refractivity contribution < 1.29 is 23.9 Å². The first kappa shape index (κ1) is 26.9. The molecule has 3 aromatic carbocycles. The Labute approximate surface area is 218 Å². The number of halogens is 1. The second kappa shape index (κ2) is 14.0. The summed E-state index contributed by atoms with van der Waals surface area (Å²) in [7, 11) is 1.33. The van der Waals surface area contributed by atoms with Crippen LogP contribution in [0.1, 0.15) is 29.2 Å². The topological polar surface area (TPSA) is 106 Å². The third-order valence-corrected chi connectivity index (χ3v) is 5.74. The van der Waals surface area contributed by atoms with E-state index in [1.54, 1.807) is 6.07 Å². The molecule has 0 aromatic heterocycles. The van der Waals surface area contributed by atoms with E-state index < -0.39 is 12.1 Å². The maximum Gasteiger partial charge on any atom is 0.407 e. The molecule has 1 atom stereocenters. The fourth-order valence-electron chi connectivity index (χ4n) is 3.46. The molecule has 0 heterocycles. The Morgan fingerprint density at radius 1 is 0.944 bits per heavy atom. The van der Waals surface area contributed by atoms with Crippen molar-refractivity contribution in [3.05, 3.63) is 100 Å². The number of benzene rings is 3. The van der Waals surface area contributed by atoms with Crippen LogP contribution in [-0.2, 0) is 25.7 Å². The number of methoxy groups -OCH3 is 1. The van der Waals surface area contributed by atoms with E-state index in [-0.39, 0.29) is 38.1 Å². The van der Waals surface area contributed by atoms with Crippen LogP contribution in [0.4, 0.5) is 10.5 Å². The summed E-state index contributed by atoms with van der Waals surface area (Å²) in [6, 6.07) is 24.0. The van der Waals surface area contributed by atoms with Gasteiger partial charge in [0.25, 0.3) is 0 Å². The number of hydrogen-bond acceptors (Lipinski definition) is 6. The van der Waals surface area contributed by atoms with Gasteiger partial charge in [-0.25, -0.2) is 4.79 Å². The Balaban J connectivity index is 1.62. The van der Waals surface area contributed by atoms with Gasteiger partial charge in [-0.2, -0.15) is 0 Å². The summed E-state index contributed by atoms with van der Waals surface area (Å²) in [4.78, 5) is 36.4. The Morgan fingerprint density at radius 3 is 2.33 bits per heavy atom. The lowest BCUT2D eigenvalue weighted by Gasteiger charge is -2.23. The van der Waals surface area contributed by atoms with Crippen molar-refractivity contribution in [2.45, 2.75) is 19.1 Å². The maximum absolute atomic E-state index is 12.7. The van der Waals surface area contributed by atoms with Crippen molar-refractivity contribution in [1.82, 2.24) is 10.6 Å². The number of carbonyl (C=O) groups is 3. The minimum absolute atomic E-state index is 0.00895. The molecule has 2 amide bonds. The lowest BCUT2D eigenvalue weighted by atomic mass is 9.97. The molecular weight excluding hydrogens is 526 g/mol. The number of nitrogens with one attached hydrogen (secondary N) is 3. The van der Waals surface area contributed by atoms with Crippen LogP contribution in [0.15, 0.2) is 83.3 Å². The smallest absolute Gasteiger partial charge is 0.407 e. The predicted octanol–water partition coefficient (Wildman–Crippen LogP) is 4.56. The Kier molecular flexibility index (Phi) is 10.5. The van der Waals surface area contributed by atoms with Crippen molar-refractivity contribution in [1.29, 1.82) is 0 Å². The number of ether oxygens (including phenoxy) is 2. The molecule has 0 aliphatic heterocycles. The predicted molar refractivity (Wildman–Crippen MR) is 140 cm³/mol. The number of rotatable bonds is 11. The number of esters is 1. The molecule has 3 rings (SSSR count). The monoisotopic (exact) mass is 553 g/mol. The van der Waals surface area contributed by atoms with Crippen LogP contribution in [0.3, 0.4) is 0 Å². The summed E-state index contributed by atoms with van der Waals surface area (Å²) in [6.07, 6.45) is -0.534. The number of amides is 2. The number of carbonyl (C=O) groups excluding carboxylic acids is 3. The average molecular weight is 554 g/mol. The van der Waals surface area contributed by atoms with Crippen LogP contribution in [0.25, 0.3) is 0 Å². The highest BCUT2D eigenvalue weighted by atomic mass is 79.9. The highest BCUT2D eigenvalue weighted by Crippen LogP contribution is 2.31. The van der Waals surface area contributed by atoms with Gasteiger partial charge in [-0.15, -0.1) is 0 Å². The molecule has 9 heteroatoms. The number of alkyl carbamates (subject to hydrolysis) is 1. The van der Waals surface area contributed by atoms with Gasteiger partial charge in [0.05, 0.1) is 19.7 Å². The van der Waals surface area contributed by atoms with Crippen LogP contribution in [-0.4, -0.2) is 38.2 Å². The summed E-state index contributed by atoms with van der Waals surface area (Å²) in [6.45, 7) is 0.263. The number of hydrogen-bond donors (Lipinski definition) is 3. The van der Waals surface area contributed by atoms with Crippen molar-refractivity contribution >= 4 is 39.6 Å². The van der Waals surface area contributed by atoms with E-state index in [1.165, 1.54) is 7.11 Å². The molecule has 0 bridgehead atoms. The van der Waals surface area contributed by atoms with E-state index in [9.17, 15) is 14.4 Å². The van der Waals surface area contributed by atoms with Gasteiger partial charge in [-0.1, -0.05) is 76.6 Å². The summed E-state index contributed by atoms with van der Waals surface area (Å²) in [5, 5.41) is 8.71. The van der Waals surface area contributed by atoms with E-state index >= 15 is 0 Å². The molecule has 0 aliphatic rings. The first-order valence-corrected chi connectivity index (χ1v) is 12.1. The molecule has 0 saturated carbocycles. The average Bonchev–Trinajstić information content (AvgIpc) is 2.90. The molecule has 188 valence electrons. The molecule has 3 N–H and O–H groups in total. The lowest BCUT2D eigenvalue weighted by molar-refractivity contribution is -0.139. The van der Waals surface area contributed by atoms with Gasteiger partial charge in [-0.05, 0) is 34.9 Å². The number of anilines is 1. The highest BCUT2D eigenvalue weighted by Gasteiger charge is 2.20. The van der Waals surface area contributed by atoms with E-state index in [2.05, 4.69) is 31.9 Å². The van der Waals surface area contributed by atoms with Gasteiger partial charge < -0.3 is 20.1 Å². The van der Waals surface area contributed by atoms with Crippen molar-refractivity contribution in [2.24, 2.45) is 0 Å². The van der Waals surface area contributed by atoms with Crippen LogP contribution in [0.2, 0.25) is 0 Å². The van der Waals surface area contributed by atoms with Gasteiger partial charge in [0.15, 0.2) is 0 Å². The van der Waals surface area contributed by atoms with Gasteiger partial charge in [0.1, 0.15) is 6.61 Å². The molecule has 8 nitrogen and oxygen atoms in total. The summed E-state index contributed by atoms with van der Waals surface area (Å²) in [5.74, 6) is -0.677. The highest BCUT2D eigenvalue weighted by molar-refractivity contribution is 9.10. The first-order valence-electron chi connectivity index (χ1n) is 11.3. The van der Waals surface area contributed by atoms with E-state index in [4.69, 9.17) is 9.47 Å². The molecule has 0 spiro atoms. The molecule has 3 aromatic rings. The van der Waals surface area contributed by atoms with Gasteiger partial charge in [-0.3, -0.25) is 14.9 Å². The van der Waals surface area contributed by atoms with Crippen molar-refractivity contribution in [3.63, 3.8) is 0 Å². The van der Waals surface area contributed by atoms with Crippen LogP contribution < -0.4 is 16.0 Å². The SMILES string of the molecule is COC(=O)CNC(c1ccccc1)c1cc(Br)ccc1NC(=O)CCNC(=O)OCc1ccccc1. The fraction of sp³-hybridized carbons (Fsp3) is 0.222. The third-order valence-electron chi connectivity index (χ3n) is 5.24. The van der Waals surface area contributed by atoms with E-state index in [0.29, 0.717) is 5.69 Å².